The molecule has 0 aliphatic carbocycles. The van der Waals surface area contributed by atoms with Crippen molar-refractivity contribution in [3.8, 4) is 11.5 Å². The zero-order chi connectivity index (χ0) is 16.9. The van der Waals surface area contributed by atoms with Gasteiger partial charge in [0.05, 0.1) is 25.3 Å². The first-order chi connectivity index (χ1) is 11.7. The maximum atomic E-state index is 12.2. The Morgan fingerprint density at radius 1 is 1.33 bits per heavy atom. The Morgan fingerprint density at radius 2 is 2.17 bits per heavy atom. The summed E-state index contributed by atoms with van der Waals surface area (Å²) in [5.41, 5.74) is 3.06. The van der Waals surface area contributed by atoms with Crippen LogP contribution in [0.4, 0.5) is 5.69 Å². The van der Waals surface area contributed by atoms with Gasteiger partial charge in [-0.15, -0.1) is 0 Å². The van der Waals surface area contributed by atoms with E-state index in [1.165, 1.54) is 0 Å². The van der Waals surface area contributed by atoms with Gasteiger partial charge in [0.25, 0.3) is 0 Å². The first-order valence-electron chi connectivity index (χ1n) is 8.04. The molecule has 5 nitrogen and oxygen atoms in total. The number of methoxy groups -OCH3 is 1. The molecule has 0 radical (unpaired) electrons. The fourth-order valence-corrected chi connectivity index (χ4v) is 2.77. The van der Waals surface area contributed by atoms with Crippen molar-refractivity contribution in [1.29, 1.82) is 0 Å². The molecule has 0 saturated carbocycles. The fraction of sp³-hybridized carbons (Fsp3) is 0.316. The Kier molecular flexibility index (Phi) is 4.89. The third-order valence-electron chi connectivity index (χ3n) is 4.04. The summed E-state index contributed by atoms with van der Waals surface area (Å²) in [6.45, 7) is 2.96. The van der Waals surface area contributed by atoms with Crippen molar-refractivity contribution in [2.45, 2.75) is 25.9 Å². The van der Waals surface area contributed by atoms with Gasteiger partial charge >= 0.3 is 0 Å². The summed E-state index contributed by atoms with van der Waals surface area (Å²) in [5.74, 6) is 1.61. The van der Waals surface area contributed by atoms with E-state index in [-0.39, 0.29) is 11.9 Å². The quantitative estimate of drug-likeness (QED) is 0.887. The first-order valence-corrected chi connectivity index (χ1v) is 8.04. The molecule has 2 aromatic carbocycles. The molecule has 126 valence electrons. The van der Waals surface area contributed by atoms with E-state index < -0.39 is 0 Å². The van der Waals surface area contributed by atoms with Crippen LogP contribution in [0.15, 0.2) is 42.5 Å². The molecule has 0 saturated heterocycles. The number of rotatable bonds is 5. The Hall–Kier alpha value is -2.69. The largest absolute Gasteiger partial charge is 0.496 e. The zero-order valence-electron chi connectivity index (χ0n) is 14.0. The molecule has 5 heteroatoms. The summed E-state index contributed by atoms with van der Waals surface area (Å²) in [4.78, 5) is 12.2. The van der Waals surface area contributed by atoms with Crippen LogP contribution in [-0.4, -0.2) is 25.7 Å². The van der Waals surface area contributed by atoms with Crippen molar-refractivity contribution in [1.82, 2.24) is 5.32 Å². The predicted octanol–water partition coefficient (Wildman–Crippen LogP) is 2.88. The van der Waals surface area contributed by atoms with Gasteiger partial charge in [0.2, 0.25) is 5.91 Å². The molecule has 0 fully saturated rings. The third-order valence-corrected chi connectivity index (χ3v) is 4.04. The lowest BCUT2D eigenvalue weighted by Gasteiger charge is -2.27. The molecule has 1 aliphatic rings. The number of carbonyl (C=O) groups excluding carboxylic acids is 1. The number of aryl methyl sites for hydroxylation is 1. The van der Waals surface area contributed by atoms with Crippen molar-refractivity contribution in [2.75, 3.05) is 19.0 Å². The SMILES string of the molecule is COc1ccccc1CNC(=O)C[C@H]1COc2cc(C)ccc2N1. The standard InChI is InChI=1S/C19H22N2O3/c1-13-7-8-16-18(9-13)24-12-15(21-16)10-19(22)20-11-14-5-3-4-6-17(14)23-2/h3-9,15,21H,10-12H2,1-2H3,(H,20,22)/t15-/m0/s1. The molecule has 1 amide bonds. The number of ether oxygens (including phenoxy) is 2. The molecule has 2 N–H and O–H groups in total. The number of hydrogen-bond acceptors (Lipinski definition) is 4. The maximum absolute atomic E-state index is 12.2. The topological polar surface area (TPSA) is 59.6 Å². The monoisotopic (exact) mass is 326 g/mol. The van der Waals surface area contributed by atoms with Crippen molar-refractivity contribution >= 4 is 11.6 Å². The van der Waals surface area contributed by atoms with E-state index in [0.29, 0.717) is 19.6 Å². The van der Waals surface area contributed by atoms with Crippen LogP contribution in [0.3, 0.4) is 0 Å². The van der Waals surface area contributed by atoms with Crippen LogP contribution in [0.5, 0.6) is 11.5 Å². The van der Waals surface area contributed by atoms with Gasteiger partial charge in [0, 0.05) is 12.1 Å². The lowest BCUT2D eigenvalue weighted by Crippen LogP contribution is -2.37. The zero-order valence-corrected chi connectivity index (χ0v) is 14.0. The Labute approximate surface area is 142 Å². The van der Waals surface area contributed by atoms with Crippen molar-refractivity contribution in [3.05, 3.63) is 53.6 Å². The number of para-hydroxylation sites is 1. The van der Waals surface area contributed by atoms with Gasteiger partial charge in [0.15, 0.2) is 0 Å². The highest BCUT2D eigenvalue weighted by atomic mass is 16.5. The average Bonchev–Trinajstić information content (AvgIpc) is 2.60. The second-order valence-electron chi connectivity index (χ2n) is 5.94. The molecule has 0 spiro atoms. The van der Waals surface area contributed by atoms with Gasteiger partial charge in [-0.25, -0.2) is 0 Å². The number of amides is 1. The third kappa shape index (κ3) is 3.79. The normalized spacial score (nSPS) is 15.7. The van der Waals surface area contributed by atoms with Crippen LogP contribution < -0.4 is 20.1 Å². The predicted molar refractivity (Wildman–Crippen MR) is 93.5 cm³/mol. The average molecular weight is 326 g/mol. The lowest BCUT2D eigenvalue weighted by molar-refractivity contribution is -0.121. The number of carbonyl (C=O) groups is 1. The second kappa shape index (κ2) is 7.25. The summed E-state index contributed by atoms with van der Waals surface area (Å²) in [6, 6.07) is 13.7. The molecule has 0 aromatic heterocycles. The van der Waals surface area contributed by atoms with Gasteiger partial charge in [0.1, 0.15) is 18.1 Å². The van der Waals surface area contributed by atoms with Gasteiger partial charge in [-0.1, -0.05) is 24.3 Å². The Balaban J connectivity index is 1.53. The van der Waals surface area contributed by atoms with Gasteiger partial charge in [-0.2, -0.15) is 0 Å². The molecule has 1 heterocycles. The Morgan fingerprint density at radius 3 is 3.00 bits per heavy atom. The molecule has 2 aromatic rings. The smallest absolute Gasteiger partial charge is 0.222 e. The van der Waals surface area contributed by atoms with Gasteiger partial charge in [-0.05, 0) is 30.7 Å². The summed E-state index contributed by atoms with van der Waals surface area (Å²) >= 11 is 0. The van der Waals surface area contributed by atoms with Crippen LogP contribution in [0.1, 0.15) is 17.5 Å². The van der Waals surface area contributed by atoms with Crippen LogP contribution in [0, 0.1) is 6.92 Å². The van der Waals surface area contributed by atoms with E-state index >= 15 is 0 Å². The number of anilines is 1. The number of fused-ring (bicyclic) bond motifs is 1. The summed E-state index contributed by atoms with van der Waals surface area (Å²) in [7, 11) is 1.63. The Bertz CT molecular complexity index is 730. The van der Waals surface area contributed by atoms with Crippen LogP contribution in [-0.2, 0) is 11.3 Å². The molecule has 0 unspecified atom stereocenters. The van der Waals surface area contributed by atoms with Crippen molar-refractivity contribution in [2.24, 2.45) is 0 Å². The number of benzene rings is 2. The lowest BCUT2D eigenvalue weighted by atomic mass is 10.1. The van der Waals surface area contributed by atoms with E-state index in [2.05, 4.69) is 10.6 Å². The van der Waals surface area contributed by atoms with E-state index in [1.807, 2.05) is 49.4 Å². The molecule has 0 bridgehead atoms. The molecule has 3 rings (SSSR count). The second-order valence-corrected chi connectivity index (χ2v) is 5.94. The molecular weight excluding hydrogens is 304 g/mol. The van der Waals surface area contributed by atoms with E-state index in [0.717, 1.165) is 28.3 Å². The van der Waals surface area contributed by atoms with Crippen molar-refractivity contribution in [3.63, 3.8) is 0 Å². The number of nitrogens with one attached hydrogen (secondary N) is 2. The molecule has 1 atom stereocenters. The van der Waals surface area contributed by atoms with Crippen molar-refractivity contribution < 1.29 is 14.3 Å². The highest BCUT2D eigenvalue weighted by molar-refractivity contribution is 5.77. The van der Waals surface area contributed by atoms with E-state index in [9.17, 15) is 4.79 Å². The number of hydrogen-bond donors (Lipinski definition) is 2. The summed E-state index contributed by atoms with van der Waals surface area (Å²) in [5, 5.41) is 6.30. The van der Waals surface area contributed by atoms with Crippen LogP contribution in [0.25, 0.3) is 0 Å². The summed E-state index contributed by atoms with van der Waals surface area (Å²) < 4.78 is 11.0. The highest BCUT2D eigenvalue weighted by Gasteiger charge is 2.21. The molecular formula is C19H22N2O3. The van der Waals surface area contributed by atoms with Crippen LogP contribution >= 0.6 is 0 Å². The minimum Gasteiger partial charge on any atom is -0.496 e. The minimum absolute atomic E-state index is 0.0161. The van der Waals surface area contributed by atoms with E-state index in [4.69, 9.17) is 9.47 Å². The first kappa shape index (κ1) is 16.2. The molecule has 1 aliphatic heterocycles. The van der Waals surface area contributed by atoms with Crippen LogP contribution in [0.2, 0.25) is 0 Å². The minimum atomic E-state index is -0.0297. The molecule has 24 heavy (non-hydrogen) atoms. The van der Waals surface area contributed by atoms with E-state index in [1.54, 1.807) is 7.11 Å². The maximum Gasteiger partial charge on any atom is 0.222 e. The van der Waals surface area contributed by atoms with Gasteiger partial charge in [-0.3, -0.25) is 4.79 Å². The fourth-order valence-electron chi connectivity index (χ4n) is 2.77. The summed E-state index contributed by atoms with van der Waals surface area (Å²) in [6.07, 6.45) is 0.364. The highest BCUT2D eigenvalue weighted by Crippen LogP contribution is 2.30. The van der Waals surface area contributed by atoms with Gasteiger partial charge < -0.3 is 20.1 Å².